The molecule has 2 aliphatic rings. The number of halogens is 4. The van der Waals surface area contributed by atoms with Crippen molar-refractivity contribution in [2.75, 3.05) is 0 Å². The van der Waals surface area contributed by atoms with E-state index in [1.165, 1.54) is 31.7 Å². The van der Waals surface area contributed by atoms with Crippen molar-refractivity contribution in [3.8, 4) is 5.75 Å². The molecular weight excluding hydrogens is 546 g/mol. The number of ether oxygens (including phenoxy) is 1. The molecule has 1 aromatic rings. The first-order chi connectivity index (χ1) is 11.8. The van der Waals surface area contributed by atoms with Crippen LogP contribution in [0.5, 0.6) is 5.75 Å². The van der Waals surface area contributed by atoms with Gasteiger partial charge in [-0.1, -0.05) is 0 Å². The molecule has 0 aliphatic heterocycles. The predicted octanol–water partition coefficient (Wildman–Crippen LogP) is 6.26. The Hall–Kier alpha value is 0.208. The molecule has 0 radical (unpaired) electrons. The third kappa shape index (κ3) is 5.59. The first-order valence-corrected chi connectivity index (χ1v) is 14.1. The van der Waals surface area contributed by atoms with E-state index in [0.717, 1.165) is 50.1 Å². The van der Waals surface area contributed by atoms with E-state index >= 15 is 0 Å². The minimum Gasteiger partial charge on any atom is -0.403 e. The maximum atomic E-state index is 13.9. The van der Waals surface area contributed by atoms with Crippen molar-refractivity contribution in [1.29, 1.82) is 0 Å². The Labute approximate surface area is 175 Å². The molecule has 0 atom stereocenters. The number of rotatable bonds is 3. The summed E-state index contributed by atoms with van der Waals surface area (Å²) in [6, 6.07) is 3.92. The molecule has 25 heavy (non-hydrogen) atoms. The van der Waals surface area contributed by atoms with Gasteiger partial charge in [0, 0.05) is 0 Å². The van der Waals surface area contributed by atoms with Gasteiger partial charge in [0.15, 0.2) is 0 Å². The van der Waals surface area contributed by atoms with Crippen LogP contribution in [0.25, 0.3) is 0 Å². The third-order valence-corrected chi connectivity index (χ3v) is 10.9. The minimum atomic E-state index is -4.86. The fraction of sp³-hybridized carbons (Fsp3) is 0.684. The van der Waals surface area contributed by atoms with Crippen LogP contribution in [0.4, 0.5) is 17.6 Å². The van der Waals surface area contributed by atoms with Gasteiger partial charge in [-0.2, -0.15) is 0 Å². The van der Waals surface area contributed by atoms with Gasteiger partial charge >= 0.3 is 159 Å². The van der Waals surface area contributed by atoms with Gasteiger partial charge in [0.2, 0.25) is 0 Å². The van der Waals surface area contributed by atoms with Gasteiger partial charge in [-0.25, -0.2) is 0 Å². The average Bonchev–Trinajstić information content (AvgIpc) is 2.56. The summed E-state index contributed by atoms with van der Waals surface area (Å²) in [5.74, 6) is 0.243. The molecule has 0 amide bonds. The standard InChI is InChI=1S/C19H23F4O.Ra.H/c20-17-12-16(10-11-18(17)24-19(21,22)23)15-8-6-14(7-9-15)13-4-2-1-3-5-13;;/h1,10-15H,2-9H2;;. The normalized spacial score (nSPS) is 30.8. The zero-order valence-corrected chi connectivity index (χ0v) is 22.8. The molecule has 0 saturated heterocycles. The Kier molecular flexibility index (Phi) is 6.77. The molecule has 1 nitrogen and oxygen atoms in total. The van der Waals surface area contributed by atoms with Crippen LogP contribution in [0, 0.1) is 60.4 Å². The summed E-state index contributed by atoms with van der Waals surface area (Å²) < 4.78 is 55.4. The van der Waals surface area contributed by atoms with E-state index in [2.05, 4.69) is 4.74 Å². The van der Waals surface area contributed by atoms with Crippen LogP contribution >= 0.6 is 0 Å². The second kappa shape index (κ2) is 8.48. The first-order valence-electron chi connectivity index (χ1n) is 9.37. The van der Waals surface area contributed by atoms with Crippen molar-refractivity contribution in [1.82, 2.24) is 0 Å². The monoisotopic (exact) mass is 570 g/mol. The molecule has 0 heterocycles. The molecule has 0 spiro atoms. The first kappa shape index (κ1) is 20.0. The van der Waals surface area contributed by atoms with Crippen molar-refractivity contribution in [3.63, 3.8) is 0 Å². The topological polar surface area (TPSA) is 9.23 Å². The third-order valence-electron chi connectivity index (χ3n) is 6.15. The maximum absolute atomic E-state index is 13.9. The molecule has 0 unspecified atom stereocenters. The Bertz CT molecular complexity index is 573. The van der Waals surface area contributed by atoms with Gasteiger partial charge in [-0.3, -0.25) is 0 Å². The number of alkyl halides is 3. The van der Waals surface area contributed by atoms with Gasteiger partial charge in [-0.15, -0.1) is 13.2 Å². The number of benzene rings is 1. The predicted molar refractivity (Wildman–Crippen MR) is 84.9 cm³/mol. The van der Waals surface area contributed by atoms with E-state index in [1.54, 1.807) is 6.07 Å². The molecular formula is C19H24F4ORa. The van der Waals surface area contributed by atoms with Gasteiger partial charge in [-0.05, 0) is 0 Å². The number of hydrogen-bond donors (Lipinski definition) is 0. The summed E-state index contributed by atoms with van der Waals surface area (Å²) in [7, 11) is 0. The van der Waals surface area contributed by atoms with Crippen LogP contribution in [0.3, 0.4) is 0 Å². The van der Waals surface area contributed by atoms with Crippen LogP contribution in [-0.2, 0) is 0 Å². The van der Waals surface area contributed by atoms with E-state index in [4.69, 9.17) is 0 Å². The molecule has 6 heteroatoms. The molecule has 0 aromatic heterocycles. The molecule has 1 aromatic carbocycles. The zero-order chi connectivity index (χ0) is 18.0. The van der Waals surface area contributed by atoms with Gasteiger partial charge < -0.3 is 4.74 Å². The van der Waals surface area contributed by atoms with Crippen molar-refractivity contribution >= 4 is 0 Å². The minimum absolute atomic E-state index is 0.255. The Balaban J connectivity index is 1.57. The van der Waals surface area contributed by atoms with Crippen molar-refractivity contribution in [2.45, 2.75) is 64.6 Å². The zero-order valence-electron chi connectivity index (χ0n) is 14.6. The van der Waals surface area contributed by atoms with Crippen molar-refractivity contribution in [3.05, 3.63) is 29.6 Å². The molecule has 2 saturated carbocycles. The van der Waals surface area contributed by atoms with Crippen molar-refractivity contribution < 1.29 is 65.1 Å². The fourth-order valence-corrected chi connectivity index (χ4v) is 7.40. The Morgan fingerprint density at radius 3 is 1.96 bits per heavy atom. The summed E-state index contributed by atoms with van der Waals surface area (Å²) in [5, 5.41) is 0. The van der Waals surface area contributed by atoms with Crippen LogP contribution in [0.2, 0.25) is 0.959 Å². The summed E-state index contributed by atoms with van der Waals surface area (Å²) >= 11 is 0.653. The summed E-state index contributed by atoms with van der Waals surface area (Å²) in [6.07, 6.45) is 5.12. The second-order valence-electron chi connectivity index (χ2n) is 7.87. The van der Waals surface area contributed by atoms with Gasteiger partial charge in [0.1, 0.15) is 0 Å². The Morgan fingerprint density at radius 1 is 0.880 bits per heavy atom. The van der Waals surface area contributed by atoms with E-state index in [9.17, 15) is 17.6 Å². The summed E-state index contributed by atoms with van der Waals surface area (Å²) in [6.45, 7) is 0. The van der Waals surface area contributed by atoms with Crippen molar-refractivity contribution in [2.24, 2.45) is 11.8 Å². The SMILES string of the molecule is Fc1cc(C2CCC(C3CC[CH]([RaH])CC3)CC2)ccc1OC(F)(F)F. The van der Waals surface area contributed by atoms with Crippen LogP contribution in [-0.4, -0.2) is 6.36 Å². The van der Waals surface area contributed by atoms with E-state index in [-0.39, 0.29) is 5.92 Å². The average molecular weight is 570 g/mol. The number of hydrogen-bond acceptors (Lipinski definition) is 1. The molecule has 2 aliphatic carbocycles. The summed E-state index contributed by atoms with van der Waals surface area (Å²) in [5.41, 5.74) is 0.803. The fourth-order valence-electron chi connectivity index (χ4n) is 4.66. The van der Waals surface area contributed by atoms with E-state index in [0.29, 0.717) is 42.8 Å². The van der Waals surface area contributed by atoms with Crippen LogP contribution in [0.15, 0.2) is 18.2 Å². The van der Waals surface area contributed by atoms with Crippen LogP contribution in [0.1, 0.15) is 62.8 Å². The Morgan fingerprint density at radius 2 is 1.44 bits per heavy atom. The molecule has 2 fully saturated rings. The van der Waals surface area contributed by atoms with Gasteiger partial charge in [0.25, 0.3) is 0 Å². The molecule has 0 bridgehead atoms. The molecule has 136 valence electrons. The van der Waals surface area contributed by atoms with E-state index in [1.807, 2.05) is 0 Å². The molecule has 3 rings (SSSR count). The van der Waals surface area contributed by atoms with Gasteiger partial charge in [0.05, 0.1) is 0 Å². The second-order valence-corrected chi connectivity index (χ2v) is 14.6. The van der Waals surface area contributed by atoms with E-state index < -0.39 is 17.9 Å². The van der Waals surface area contributed by atoms with Crippen LogP contribution < -0.4 is 4.74 Å². The quantitative estimate of drug-likeness (QED) is 0.390. The molecule has 0 N–H and O–H groups in total. The summed E-state index contributed by atoms with van der Waals surface area (Å²) in [4.78, 5) is 0. The smallest absolute Gasteiger partial charge is 0.403 e.